The number of halogens is 3. The predicted octanol–water partition coefficient (Wildman–Crippen LogP) is 4.86. The van der Waals surface area contributed by atoms with Crippen LogP contribution >= 0.6 is 15.9 Å². The molecule has 8 heteroatoms. The minimum absolute atomic E-state index is 0.168. The average Bonchev–Trinajstić information content (AvgIpc) is 2.58. The van der Waals surface area contributed by atoms with E-state index in [1.54, 1.807) is 44.2 Å². The molecule has 0 saturated heterocycles. The van der Waals surface area contributed by atoms with E-state index in [1.165, 1.54) is 12.2 Å². The Balaban J connectivity index is 2.52. The zero-order chi connectivity index (χ0) is 20.2. The highest BCUT2D eigenvalue weighted by atomic mass is 79.9. The molecular weight excluding hydrogens is 424 g/mol. The zero-order valence-electron chi connectivity index (χ0n) is 14.7. The van der Waals surface area contributed by atoms with Crippen molar-refractivity contribution in [2.24, 2.45) is 11.3 Å². The second kappa shape index (κ2) is 8.09. The van der Waals surface area contributed by atoms with Crippen molar-refractivity contribution in [1.82, 2.24) is 0 Å². The molecule has 27 heavy (non-hydrogen) atoms. The van der Waals surface area contributed by atoms with E-state index in [0.29, 0.717) is 5.75 Å². The highest BCUT2D eigenvalue weighted by Crippen LogP contribution is 2.48. The number of carbonyl (C=O) groups is 1. The number of rotatable bonds is 7. The summed E-state index contributed by atoms with van der Waals surface area (Å²) in [5, 5.41) is 19.4. The molecule has 0 heterocycles. The summed E-state index contributed by atoms with van der Waals surface area (Å²) in [5.41, 5.74) is -1.60. The molecule has 2 rings (SSSR count). The van der Waals surface area contributed by atoms with Gasteiger partial charge in [-0.15, -0.1) is 0 Å². The van der Waals surface area contributed by atoms with Crippen LogP contribution in [0.5, 0.6) is 5.75 Å². The minimum Gasteiger partial charge on any atom is -0.480 e. The number of aliphatic carboxylic acids is 1. The number of hydrogen-bond donors (Lipinski definition) is 1. The second-order valence-electron chi connectivity index (χ2n) is 6.30. The van der Waals surface area contributed by atoms with Gasteiger partial charge in [0.2, 0.25) is 4.51 Å². The summed E-state index contributed by atoms with van der Waals surface area (Å²) in [6.07, 6.45) is 2.38. The van der Waals surface area contributed by atoms with Gasteiger partial charge in [-0.3, -0.25) is 4.79 Å². The van der Waals surface area contributed by atoms with Crippen molar-refractivity contribution in [3.63, 3.8) is 0 Å². The van der Waals surface area contributed by atoms with Crippen LogP contribution < -0.4 is 4.74 Å². The first-order chi connectivity index (χ1) is 12.7. The lowest BCUT2D eigenvalue weighted by Crippen LogP contribution is -2.43. The van der Waals surface area contributed by atoms with Crippen molar-refractivity contribution >= 4 is 21.9 Å². The van der Waals surface area contributed by atoms with Crippen LogP contribution in [0.2, 0.25) is 0 Å². The molecule has 5 nitrogen and oxygen atoms in total. The Morgan fingerprint density at radius 2 is 1.96 bits per heavy atom. The molecule has 2 unspecified atom stereocenters. The van der Waals surface area contributed by atoms with Gasteiger partial charge in [0.1, 0.15) is 5.75 Å². The number of ether oxygens (including phenoxy) is 2. The van der Waals surface area contributed by atoms with Crippen LogP contribution in [0, 0.1) is 22.7 Å². The van der Waals surface area contributed by atoms with Gasteiger partial charge in [0.15, 0.2) is 11.2 Å². The third-order valence-electron chi connectivity index (χ3n) is 4.35. The first-order valence-corrected chi connectivity index (χ1v) is 8.89. The number of para-hydroxylation sites is 1. The summed E-state index contributed by atoms with van der Waals surface area (Å²) in [5.74, 6) is -1.73. The molecule has 1 aliphatic carbocycles. The van der Waals surface area contributed by atoms with E-state index in [0.717, 1.165) is 0 Å². The average molecular weight is 442 g/mol. The Labute approximate surface area is 164 Å². The van der Waals surface area contributed by atoms with Crippen molar-refractivity contribution in [2.75, 3.05) is 0 Å². The molecule has 2 atom stereocenters. The van der Waals surface area contributed by atoms with E-state index in [2.05, 4.69) is 20.7 Å². The van der Waals surface area contributed by atoms with E-state index in [1.807, 2.05) is 6.07 Å². The molecule has 0 spiro atoms. The van der Waals surface area contributed by atoms with Crippen molar-refractivity contribution in [1.29, 1.82) is 5.26 Å². The Kier molecular flexibility index (Phi) is 6.26. The van der Waals surface area contributed by atoms with E-state index in [9.17, 15) is 23.9 Å². The van der Waals surface area contributed by atoms with Gasteiger partial charge in [0.05, 0.1) is 6.07 Å². The zero-order valence-corrected chi connectivity index (χ0v) is 16.2. The maximum absolute atomic E-state index is 12.8. The minimum atomic E-state index is -3.09. The standard InChI is InChI=1S/C19H18BrF2NO4/c1-12(2)18(11-23,16(24)25)13-8-9-15(26-17(21)22)19(20,10-13)27-14-6-4-3-5-7-14/h3-9,12,17H,10H2,1-2H3,(H,24,25). The fourth-order valence-corrected chi connectivity index (χ4v) is 3.67. The SMILES string of the molecule is CC(C)C(C#N)(C(=O)O)C1=CC=C(OC(F)F)C(Br)(Oc2ccccc2)C1. The molecule has 0 aliphatic heterocycles. The van der Waals surface area contributed by atoms with Gasteiger partial charge < -0.3 is 14.6 Å². The lowest BCUT2D eigenvalue weighted by molar-refractivity contribution is -0.146. The van der Waals surface area contributed by atoms with Crippen LogP contribution in [0.1, 0.15) is 20.3 Å². The fourth-order valence-electron chi connectivity index (χ4n) is 2.95. The van der Waals surface area contributed by atoms with Crippen LogP contribution in [-0.4, -0.2) is 22.2 Å². The fraction of sp³-hybridized carbons (Fsp3) is 0.368. The number of nitriles is 1. The molecule has 144 valence electrons. The predicted molar refractivity (Wildman–Crippen MR) is 97.1 cm³/mol. The largest absolute Gasteiger partial charge is 0.480 e. The van der Waals surface area contributed by atoms with Crippen molar-refractivity contribution in [2.45, 2.75) is 31.4 Å². The summed E-state index contributed by atoms with van der Waals surface area (Å²) in [6, 6.07) is 10.3. The summed E-state index contributed by atoms with van der Waals surface area (Å²) in [6.45, 7) is 0.134. The van der Waals surface area contributed by atoms with Crippen LogP contribution in [0.25, 0.3) is 0 Å². The van der Waals surface area contributed by atoms with Crippen LogP contribution in [-0.2, 0) is 9.53 Å². The number of alkyl halides is 3. The molecular formula is C19H18BrF2NO4. The van der Waals surface area contributed by atoms with Gasteiger partial charge in [-0.05, 0) is 45.6 Å². The molecule has 1 aliphatic rings. The van der Waals surface area contributed by atoms with Gasteiger partial charge >= 0.3 is 12.6 Å². The Morgan fingerprint density at radius 1 is 1.33 bits per heavy atom. The normalized spacial score (nSPS) is 21.7. The van der Waals surface area contributed by atoms with Gasteiger partial charge in [0.25, 0.3) is 0 Å². The van der Waals surface area contributed by atoms with Gasteiger partial charge in [-0.2, -0.15) is 14.0 Å². The van der Waals surface area contributed by atoms with Crippen LogP contribution in [0.4, 0.5) is 8.78 Å². The van der Waals surface area contributed by atoms with Crippen molar-refractivity contribution in [3.05, 3.63) is 53.8 Å². The highest BCUT2D eigenvalue weighted by molar-refractivity contribution is 9.10. The van der Waals surface area contributed by atoms with Gasteiger partial charge in [-0.25, -0.2) is 0 Å². The number of nitrogens with zero attached hydrogens (tertiary/aromatic N) is 1. The molecule has 0 radical (unpaired) electrons. The lowest BCUT2D eigenvalue weighted by Gasteiger charge is -2.38. The maximum Gasteiger partial charge on any atom is 0.387 e. The summed E-state index contributed by atoms with van der Waals surface area (Å²) in [4.78, 5) is 11.9. The van der Waals surface area contributed by atoms with Gasteiger partial charge in [-0.1, -0.05) is 38.1 Å². The second-order valence-corrected chi connectivity index (χ2v) is 7.58. The number of carboxylic acids is 1. The monoisotopic (exact) mass is 441 g/mol. The van der Waals surface area contributed by atoms with Crippen molar-refractivity contribution in [3.8, 4) is 11.8 Å². The topological polar surface area (TPSA) is 79.6 Å². The summed E-state index contributed by atoms with van der Waals surface area (Å²) >= 11 is 3.30. The van der Waals surface area contributed by atoms with Crippen molar-refractivity contribution < 1.29 is 28.2 Å². The summed E-state index contributed by atoms with van der Waals surface area (Å²) < 4.78 is 34.5. The van der Waals surface area contributed by atoms with Crippen LogP contribution in [0.3, 0.4) is 0 Å². The van der Waals surface area contributed by atoms with E-state index >= 15 is 0 Å². The first kappa shape index (κ1) is 20.9. The van der Waals surface area contributed by atoms with Gasteiger partial charge in [0, 0.05) is 6.42 Å². The third-order valence-corrected chi connectivity index (χ3v) is 5.18. The smallest absolute Gasteiger partial charge is 0.387 e. The molecule has 1 N–H and O–H groups in total. The molecule has 0 bridgehead atoms. The Bertz CT molecular complexity index is 804. The van der Waals surface area contributed by atoms with E-state index < -0.39 is 28.4 Å². The highest BCUT2D eigenvalue weighted by Gasteiger charge is 2.51. The number of allylic oxidation sites excluding steroid dienone is 2. The maximum atomic E-state index is 12.8. The molecule has 1 aromatic rings. The molecule has 0 aromatic heterocycles. The molecule has 1 aromatic carbocycles. The Hall–Kier alpha value is -2.40. The van der Waals surface area contributed by atoms with Crippen LogP contribution in [0.15, 0.2) is 53.8 Å². The quantitative estimate of drug-likeness (QED) is 0.611. The Morgan fingerprint density at radius 3 is 2.44 bits per heavy atom. The summed E-state index contributed by atoms with van der Waals surface area (Å²) in [7, 11) is 0. The van der Waals surface area contributed by atoms with E-state index in [4.69, 9.17) is 4.74 Å². The third kappa shape index (κ3) is 4.14. The number of benzene rings is 1. The number of carboxylic acid groups (broad SMARTS) is 1. The lowest BCUT2D eigenvalue weighted by atomic mass is 9.69. The molecule has 0 amide bonds. The molecule has 0 saturated carbocycles. The molecule has 0 fully saturated rings. The van der Waals surface area contributed by atoms with E-state index in [-0.39, 0.29) is 17.8 Å². The first-order valence-electron chi connectivity index (χ1n) is 8.10. The number of hydrogen-bond acceptors (Lipinski definition) is 4.